The Balaban J connectivity index is 2.18. The Labute approximate surface area is 114 Å². The molecule has 0 aliphatic carbocycles. The largest absolute Gasteiger partial charge is 0.188 e. The molecule has 0 spiro atoms. The summed E-state index contributed by atoms with van der Waals surface area (Å²) < 4.78 is 0. The Hall–Kier alpha value is -1.96. The molecule has 1 heterocycles. The molecule has 2 heteroatoms. The smallest absolute Gasteiger partial charge is 0.122 e. The molecule has 0 saturated carbocycles. The minimum absolute atomic E-state index is 0.0607. The normalized spacial score (nSPS) is 17.3. The van der Waals surface area contributed by atoms with Gasteiger partial charge in [-0.25, -0.2) is 0 Å². The van der Waals surface area contributed by atoms with Crippen molar-refractivity contribution in [1.29, 1.82) is 0 Å². The maximum absolute atomic E-state index is 4.52. The van der Waals surface area contributed by atoms with Gasteiger partial charge in [0.1, 0.15) is 6.04 Å². The molecule has 0 N–H and O–H groups in total. The van der Waals surface area contributed by atoms with E-state index >= 15 is 0 Å². The van der Waals surface area contributed by atoms with E-state index in [1.807, 2.05) is 0 Å². The molecule has 0 radical (unpaired) electrons. The first-order valence-electron chi connectivity index (χ1n) is 6.69. The third-order valence-corrected chi connectivity index (χ3v) is 3.80. The Morgan fingerprint density at radius 2 is 1.68 bits per heavy atom. The second-order valence-electron chi connectivity index (χ2n) is 5.33. The van der Waals surface area contributed by atoms with E-state index < -0.39 is 0 Å². The molecule has 1 unspecified atom stereocenters. The van der Waals surface area contributed by atoms with Gasteiger partial charge in [-0.2, -0.15) is 10.2 Å². The fraction of sp³-hybridized carbons (Fsp3) is 0.294. The first kappa shape index (κ1) is 12.1. The summed E-state index contributed by atoms with van der Waals surface area (Å²) in [7, 11) is 0. The fourth-order valence-electron chi connectivity index (χ4n) is 3.04. The number of fused-ring (bicyclic) bond motifs is 1. The average molecular weight is 250 g/mol. The first-order chi connectivity index (χ1) is 9.16. The van der Waals surface area contributed by atoms with E-state index in [1.165, 1.54) is 33.4 Å². The van der Waals surface area contributed by atoms with Crippen molar-refractivity contribution in [1.82, 2.24) is 0 Å². The van der Waals surface area contributed by atoms with Crippen molar-refractivity contribution in [3.63, 3.8) is 0 Å². The molecule has 3 rings (SSSR count). The molecule has 19 heavy (non-hydrogen) atoms. The van der Waals surface area contributed by atoms with Gasteiger partial charge in [-0.3, -0.25) is 0 Å². The highest BCUT2D eigenvalue weighted by Crippen LogP contribution is 2.36. The second kappa shape index (κ2) is 4.61. The van der Waals surface area contributed by atoms with Crippen molar-refractivity contribution in [2.45, 2.75) is 33.4 Å². The van der Waals surface area contributed by atoms with E-state index in [9.17, 15) is 0 Å². The number of nitrogens with zero attached hydrogens (tertiary/aromatic N) is 2. The van der Waals surface area contributed by atoms with E-state index in [0.717, 1.165) is 0 Å². The minimum atomic E-state index is 0.0607. The monoisotopic (exact) mass is 250 g/mol. The van der Waals surface area contributed by atoms with E-state index in [-0.39, 0.29) is 6.04 Å². The second-order valence-corrected chi connectivity index (χ2v) is 5.33. The molecule has 2 aromatic carbocycles. The van der Waals surface area contributed by atoms with Gasteiger partial charge in [-0.05, 0) is 48.6 Å². The third-order valence-electron chi connectivity index (χ3n) is 3.80. The van der Waals surface area contributed by atoms with Gasteiger partial charge in [0.2, 0.25) is 0 Å². The van der Waals surface area contributed by atoms with Crippen LogP contribution in [0.25, 0.3) is 0 Å². The maximum Gasteiger partial charge on any atom is 0.122 e. The van der Waals surface area contributed by atoms with Gasteiger partial charge in [0.25, 0.3) is 0 Å². The maximum atomic E-state index is 4.52. The van der Waals surface area contributed by atoms with Crippen LogP contribution >= 0.6 is 0 Å². The zero-order valence-electron chi connectivity index (χ0n) is 11.6. The lowest BCUT2D eigenvalue weighted by molar-refractivity contribution is 0.698. The van der Waals surface area contributed by atoms with Crippen molar-refractivity contribution in [2.24, 2.45) is 10.2 Å². The highest BCUT2D eigenvalue weighted by molar-refractivity contribution is 5.46. The number of hydrogen-bond acceptors (Lipinski definition) is 2. The summed E-state index contributed by atoms with van der Waals surface area (Å²) >= 11 is 0. The first-order valence-corrected chi connectivity index (χ1v) is 6.69. The molecule has 1 aliphatic heterocycles. The summed E-state index contributed by atoms with van der Waals surface area (Å²) in [5, 5.41) is 8.82. The van der Waals surface area contributed by atoms with E-state index in [4.69, 9.17) is 0 Å². The number of azo groups is 1. The Morgan fingerprint density at radius 1 is 1.00 bits per heavy atom. The van der Waals surface area contributed by atoms with Gasteiger partial charge in [0.05, 0.1) is 6.54 Å². The molecular formula is C17H18N2. The Bertz CT molecular complexity index is 633. The zero-order chi connectivity index (χ0) is 13.4. The topological polar surface area (TPSA) is 24.7 Å². The summed E-state index contributed by atoms with van der Waals surface area (Å²) in [4.78, 5) is 0. The van der Waals surface area contributed by atoms with Crippen LogP contribution in [0.3, 0.4) is 0 Å². The quantitative estimate of drug-likeness (QED) is 0.703. The number of rotatable bonds is 1. The van der Waals surface area contributed by atoms with Gasteiger partial charge in [-0.1, -0.05) is 42.0 Å². The summed E-state index contributed by atoms with van der Waals surface area (Å²) in [6.07, 6.45) is 0. The molecule has 0 fully saturated rings. The number of benzene rings is 2. The fourth-order valence-corrected chi connectivity index (χ4v) is 3.04. The van der Waals surface area contributed by atoms with E-state index in [1.54, 1.807) is 0 Å². The number of hydrogen-bond donors (Lipinski definition) is 0. The molecule has 0 aromatic heterocycles. The molecule has 2 nitrogen and oxygen atoms in total. The standard InChI is InChI=1S/C17H18N2/c1-11-8-12(2)16(13(3)9-11)17-15-7-5-4-6-14(15)10-18-19-17/h4-9,17H,10H2,1-3H3. The molecule has 0 amide bonds. The predicted molar refractivity (Wildman–Crippen MR) is 77.5 cm³/mol. The van der Waals surface area contributed by atoms with Crippen LogP contribution in [0.4, 0.5) is 0 Å². The highest BCUT2D eigenvalue weighted by atomic mass is 15.1. The predicted octanol–water partition coefficient (Wildman–Crippen LogP) is 4.67. The van der Waals surface area contributed by atoms with Crippen molar-refractivity contribution >= 4 is 0 Å². The lowest BCUT2D eigenvalue weighted by Gasteiger charge is -2.23. The Morgan fingerprint density at radius 3 is 2.42 bits per heavy atom. The molecule has 1 atom stereocenters. The summed E-state index contributed by atoms with van der Waals surface area (Å²) in [6, 6.07) is 13.0. The van der Waals surface area contributed by atoms with Crippen molar-refractivity contribution in [3.8, 4) is 0 Å². The van der Waals surface area contributed by atoms with E-state index in [0.29, 0.717) is 6.54 Å². The molecule has 1 aliphatic rings. The summed E-state index contributed by atoms with van der Waals surface area (Å²) in [5.74, 6) is 0. The van der Waals surface area contributed by atoms with Crippen LogP contribution in [0.15, 0.2) is 46.6 Å². The summed E-state index contributed by atoms with van der Waals surface area (Å²) in [5.41, 5.74) is 7.81. The molecule has 2 aromatic rings. The van der Waals surface area contributed by atoms with Crippen LogP contribution in [0.1, 0.15) is 39.4 Å². The molecule has 0 bridgehead atoms. The Kier molecular flexibility index (Phi) is 2.94. The van der Waals surface area contributed by atoms with Gasteiger partial charge in [0, 0.05) is 0 Å². The van der Waals surface area contributed by atoms with Crippen LogP contribution in [0.5, 0.6) is 0 Å². The molecule has 0 saturated heterocycles. The highest BCUT2D eigenvalue weighted by Gasteiger charge is 2.23. The minimum Gasteiger partial charge on any atom is -0.188 e. The third kappa shape index (κ3) is 2.07. The zero-order valence-corrected chi connectivity index (χ0v) is 11.6. The summed E-state index contributed by atoms with van der Waals surface area (Å²) in [6.45, 7) is 7.18. The van der Waals surface area contributed by atoms with Gasteiger partial charge >= 0.3 is 0 Å². The van der Waals surface area contributed by atoms with Crippen LogP contribution in [0, 0.1) is 20.8 Å². The number of aryl methyl sites for hydroxylation is 3. The van der Waals surface area contributed by atoms with Gasteiger partial charge in [0.15, 0.2) is 0 Å². The lowest BCUT2D eigenvalue weighted by Crippen LogP contribution is -2.09. The van der Waals surface area contributed by atoms with Crippen molar-refractivity contribution < 1.29 is 0 Å². The van der Waals surface area contributed by atoms with Gasteiger partial charge < -0.3 is 0 Å². The van der Waals surface area contributed by atoms with Crippen molar-refractivity contribution in [2.75, 3.05) is 0 Å². The lowest BCUT2D eigenvalue weighted by atomic mass is 9.88. The van der Waals surface area contributed by atoms with Crippen LogP contribution in [-0.4, -0.2) is 0 Å². The van der Waals surface area contributed by atoms with Crippen molar-refractivity contribution in [3.05, 3.63) is 69.8 Å². The molecular weight excluding hydrogens is 232 g/mol. The van der Waals surface area contributed by atoms with Gasteiger partial charge in [-0.15, -0.1) is 0 Å². The average Bonchev–Trinajstić information content (AvgIpc) is 2.38. The SMILES string of the molecule is Cc1cc(C)c(C2N=NCc3ccccc32)c(C)c1. The van der Waals surface area contributed by atoms with E-state index in [2.05, 4.69) is 67.4 Å². The molecule has 96 valence electrons. The van der Waals surface area contributed by atoms with Crippen LogP contribution in [0.2, 0.25) is 0 Å². The van der Waals surface area contributed by atoms with Crippen LogP contribution in [-0.2, 0) is 6.54 Å². The van der Waals surface area contributed by atoms with Crippen LogP contribution < -0.4 is 0 Å².